The molecule has 6 heteroatoms. The van der Waals surface area contributed by atoms with Gasteiger partial charge in [-0.05, 0) is 44.5 Å². The summed E-state index contributed by atoms with van der Waals surface area (Å²) in [6.45, 7) is 6.59. The van der Waals surface area contributed by atoms with Crippen LogP contribution in [0, 0.1) is 20.8 Å². The summed E-state index contributed by atoms with van der Waals surface area (Å²) in [5, 5.41) is 4.51. The largest absolute Gasteiger partial charge is 0.496 e. The molecule has 0 unspecified atom stereocenters. The molecule has 1 heterocycles. The molecular formula is C15H20N4O2. The van der Waals surface area contributed by atoms with Gasteiger partial charge in [-0.1, -0.05) is 0 Å². The molecule has 6 nitrogen and oxygen atoms in total. The molecule has 0 fully saturated rings. The molecule has 0 radical (unpaired) electrons. The Labute approximate surface area is 123 Å². The van der Waals surface area contributed by atoms with Gasteiger partial charge in [0.05, 0.1) is 19.3 Å². The van der Waals surface area contributed by atoms with Crippen LogP contribution in [-0.2, 0) is 6.54 Å². The van der Waals surface area contributed by atoms with Crippen molar-refractivity contribution in [3.05, 3.63) is 46.3 Å². The van der Waals surface area contributed by atoms with Crippen molar-refractivity contribution in [2.24, 2.45) is 5.84 Å². The molecule has 1 aromatic heterocycles. The van der Waals surface area contributed by atoms with E-state index < -0.39 is 0 Å². The van der Waals surface area contributed by atoms with Crippen molar-refractivity contribution in [3.8, 4) is 5.75 Å². The van der Waals surface area contributed by atoms with Crippen LogP contribution in [0.5, 0.6) is 5.75 Å². The van der Waals surface area contributed by atoms with E-state index in [1.54, 1.807) is 25.3 Å². The molecule has 0 bridgehead atoms. The summed E-state index contributed by atoms with van der Waals surface area (Å²) in [6.07, 6.45) is 0. The minimum atomic E-state index is -0.330. The highest BCUT2D eigenvalue weighted by atomic mass is 16.5. The van der Waals surface area contributed by atoms with Crippen LogP contribution in [0.15, 0.2) is 18.2 Å². The predicted octanol–water partition coefficient (Wildman–Crippen LogP) is 1.47. The average molecular weight is 288 g/mol. The number of ether oxygens (including phenoxy) is 1. The monoisotopic (exact) mass is 288 g/mol. The smallest absolute Gasteiger partial charge is 0.265 e. The number of nitrogens with zero attached hydrogens (tertiary/aromatic N) is 2. The van der Waals surface area contributed by atoms with E-state index in [9.17, 15) is 4.79 Å². The number of aryl methyl sites for hydroxylation is 1. The van der Waals surface area contributed by atoms with E-state index in [1.165, 1.54) is 5.56 Å². The lowest BCUT2D eigenvalue weighted by Crippen LogP contribution is -2.30. The molecule has 3 N–H and O–H groups in total. The SMILES string of the molecule is COc1ccc(C(=O)NN)cc1Cn1nc(C)c(C)c1C. The Hall–Kier alpha value is -2.34. The second-order valence-electron chi connectivity index (χ2n) is 4.95. The third kappa shape index (κ3) is 2.90. The van der Waals surface area contributed by atoms with Crippen molar-refractivity contribution < 1.29 is 9.53 Å². The molecule has 0 aliphatic rings. The maximum Gasteiger partial charge on any atom is 0.265 e. The van der Waals surface area contributed by atoms with Gasteiger partial charge in [-0.25, -0.2) is 5.84 Å². The minimum absolute atomic E-state index is 0.330. The average Bonchev–Trinajstić information content (AvgIpc) is 2.73. The molecule has 2 aromatic rings. The first-order chi connectivity index (χ1) is 9.97. The van der Waals surface area contributed by atoms with Crippen molar-refractivity contribution in [1.29, 1.82) is 0 Å². The third-order valence-corrected chi connectivity index (χ3v) is 3.74. The van der Waals surface area contributed by atoms with Gasteiger partial charge in [0.15, 0.2) is 0 Å². The first-order valence-electron chi connectivity index (χ1n) is 6.66. The molecule has 0 aliphatic heterocycles. The van der Waals surface area contributed by atoms with E-state index in [0.29, 0.717) is 17.9 Å². The van der Waals surface area contributed by atoms with Crippen LogP contribution in [0.1, 0.15) is 32.9 Å². The highest BCUT2D eigenvalue weighted by Gasteiger charge is 2.13. The number of nitrogens with two attached hydrogens (primary N) is 1. The zero-order valence-corrected chi connectivity index (χ0v) is 12.7. The molecule has 1 amide bonds. The van der Waals surface area contributed by atoms with E-state index >= 15 is 0 Å². The maximum atomic E-state index is 11.6. The standard InChI is InChI=1S/C15H20N4O2/c1-9-10(2)18-19(11(9)3)8-13-7-12(15(20)17-16)5-6-14(13)21-4/h5-7H,8,16H2,1-4H3,(H,17,20). The Kier molecular flexibility index (Phi) is 4.28. The summed E-state index contributed by atoms with van der Waals surface area (Å²) in [4.78, 5) is 11.6. The van der Waals surface area contributed by atoms with Crippen molar-refractivity contribution in [2.45, 2.75) is 27.3 Å². The first kappa shape index (κ1) is 15.1. The number of hydrazine groups is 1. The lowest BCUT2D eigenvalue weighted by molar-refractivity contribution is 0.0953. The van der Waals surface area contributed by atoms with Gasteiger partial charge in [0.25, 0.3) is 5.91 Å². The highest BCUT2D eigenvalue weighted by molar-refractivity contribution is 5.94. The number of rotatable bonds is 4. The van der Waals surface area contributed by atoms with Crippen molar-refractivity contribution >= 4 is 5.91 Å². The number of methoxy groups -OCH3 is 1. The summed E-state index contributed by atoms with van der Waals surface area (Å²) in [7, 11) is 1.61. The predicted molar refractivity (Wildman–Crippen MR) is 80.2 cm³/mol. The Bertz CT molecular complexity index is 677. The Morgan fingerprint density at radius 1 is 1.38 bits per heavy atom. The molecular weight excluding hydrogens is 268 g/mol. The topological polar surface area (TPSA) is 82.2 Å². The number of carbonyl (C=O) groups is 1. The van der Waals surface area contributed by atoms with Crippen LogP contribution in [0.3, 0.4) is 0 Å². The summed E-state index contributed by atoms with van der Waals surface area (Å²) < 4.78 is 7.27. The fourth-order valence-corrected chi connectivity index (χ4v) is 2.23. The molecule has 0 saturated heterocycles. The molecule has 0 atom stereocenters. The van der Waals surface area contributed by atoms with Gasteiger partial charge in [0.1, 0.15) is 5.75 Å². The van der Waals surface area contributed by atoms with E-state index in [-0.39, 0.29) is 5.91 Å². The number of hydrogen-bond donors (Lipinski definition) is 2. The first-order valence-corrected chi connectivity index (χ1v) is 6.66. The number of hydrogen-bond acceptors (Lipinski definition) is 4. The van der Waals surface area contributed by atoms with Crippen LogP contribution >= 0.6 is 0 Å². The maximum absolute atomic E-state index is 11.6. The zero-order chi connectivity index (χ0) is 15.6. The Morgan fingerprint density at radius 2 is 2.10 bits per heavy atom. The quantitative estimate of drug-likeness (QED) is 0.507. The number of amides is 1. The van der Waals surface area contributed by atoms with E-state index in [2.05, 4.69) is 10.5 Å². The fraction of sp³-hybridized carbons (Fsp3) is 0.333. The van der Waals surface area contributed by atoms with Gasteiger partial charge in [-0.3, -0.25) is 14.9 Å². The van der Waals surface area contributed by atoms with E-state index in [1.807, 2.05) is 25.5 Å². The van der Waals surface area contributed by atoms with Crippen LogP contribution in [0.2, 0.25) is 0 Å². The Morgan fingerprint density at radius 3 is 2.62 bits per heavy atom. The molecule has 1 aromatic carbocycles. The summed E-state index contributed by atoms with van der Waals surface area (Å²) in [5.74, 6) is 5.56. The van der Waals surface area contributed by atoms with Gasteiger partial charge in [0.2, 0.25) is 0 Å². The van der Waals surface area contributed by atoms with E-state index in [4.69, 9.17) is 10.6 Å². The van der Waals surface area contributed by atoms with Crippen LogP contribution in [0.25, 0.3) is 0 Å². The van der Waals surface area contributed by atoms with Gasteiger partial charge >= 0.3 is 0 Å². The van der Waals surface area contributed by atoms with Gasteiger partial charge in [-0.15, -0.1) is 0 Å². The lowest BCUT2D eigenvalue weighted by Gasteiger charge is -2.11. The third-order valence-electron chi connectivity index (χ3n) is 3.74. The molecule has 0 spiro atoms. The van der Waals surface area contributed by atoms with Crippen molar-refractivity contribution in [1.82, 2.24) is 15.2 Å². The number of benzene rings is 1. The number of nitrogens with one attached hydrogen (secondary N) is 1. The van der Waals surface area contributed by atoms with Crippen molar-refractivity contribution in [3.63, 3.8) is 0 Å². The lowest BCUT2D eigenvalue weighted by atomic mass is 10.1. The highest BCUT2D eigenvalue weighted by Crippen LogP contribution is 2.22. The molecule has 2 rings (SSSR count). The molecule has 112 valence electrons. The number of aromatic nitrogens is 2. The second kappa shape index (κ2) is 5.97. The molecule has 0 saturated carbocycles. The number of nitrogen functional groups attached to an aromatic ring is 1. The van der Waals surface area contributed by atoms with Crippen molar-refractivity contribution in [2.75, 3.05) is 7.11 Å². The summed E-state index contributed by atoms with van der Waals surface area (Å²) in [5.41, 5.74) is 6.78. The summed E-state index contributed by atoms with van der Waals surface area (Å²) >= 11 is 0. The number of carbonyl (C=O) groups excluding carboxylic acids is 1. The van der Waals surface area contributed by atoms with Crippen LogP contribution in [-0.4, -0.2) is 22.8 Å². The molecule has 21 heavy (non-hydrogen) atoms. The molecule has 0 aliphatic carbocycles. The van der Waals surface area contributed by atoms with Gasteiger partial charge in [-0.2, -0.15) is 5.10 Å². The Balaban J connectivity index is 2.41. The fourth-order valence-electron chi connectivity index (χ4n) is 2.23. The van der Waals surface area contributed by atoms with Crippen LogP contribution in [0.4, 0.5) is 0 Å². The van der Waals surface area contributed by atoms with Gasteiger partial charge in [0, 0.05) is 16.8 Å². The normalized spacial score (nSPS) is 10.5. The second-order valence-corrected chi connectivity index (χ2v) is 4.95. The van der Waals surface area contributed by atoms with Gasteiger partial charge < -0.3 is 4.74 Å². The van der Waals surface area contributed by atoms with Crippen LogP contribution < -0.4 is 16.0 Å². The zero-order valence-electron chi connectivity index (χ0n) is 12.7. The minimum Gasteiger partial charge on any atom is -0.496 e. The summed E-state index contributed by atoms with van der Waals surface area (Å²) in [6, 6.07) is 5.21. The van der Waals surface area contributed by atoms with E-state index in [0.717, 1.165) is 17.0 Å².